The van der Waals surface area contributed by atoms with Gasteiger partial charge in [0.15, 0.2) is 0 Å². The van der Waals surface area contributed by atoms with Crippen LogP contribution in [-0.2, 0) is 19.0 Å². The number of fused-ring (bicyclic) bond motifs is 4. The second-order valence-electron chi connectivity index (χ2n) is 15.3. The Morgan fingerprint density at radius 3 is 2.46 bits per heavy atom. The Morgan fingerprint density at radius 1 is 1.07 bits per heavy atom. The zero-order chi connectivity index (χ0) is 29.4. The average Bonchev–Trinajstić information content (AvgIpc) is 3.45. The van der Waals surface area contributed by atoms with E-state index in [1.807, 2.05) is 26.2 Å². The monoisotopic (exact) mass is 646 g/mol. The number of aryl methyl sites for hydroxylation is 1. The molecule has 0 amide bonds. The van der Waals surface area contributed by atoms with Crippen LogP contribution in [0.15, 0.2) is 39.7 Å². The summed E-state index contributed by atoms with van der Waals surface area (Å²) in [5, 5.41) is 0. The van der Waals surface area contributed by atoms with Gasteiger partial charge in [-0.25, -0.2) is 0 Å². The lowest BCUT2D eigenvalue weighted by Crippen LogP contribution is -2.57. The first-order valence-electron chi connectivity index (χ1n) is 16.2. The van der Waals surface area contributed by atoms with Crippen molar-refractivity contribution in [3.63, 3.8) is 0 Å². The summed E-state index contributed by atoms with van der Waals surface area (Å²) in [6.45, 7) is 11.8. The third kappa shape index (κ3) is 4.75. The molecule has 0 heterocycles. The van der Waals surface area contributed by atoms with Crippen LogP contribution in [0.4, 0.5) is 0 Å². The molecular formula is C35H51BrO4S. The summed E-state index contributed by atoms with van der Waals surface area (Å²) in [7, 11) is -1.84. The summed E-state index contributed by atoms with van der Waals surface area (Å²) < 4.78 is 39.9. The molecule has 0 aliphatic heterocycles. The van der Waals surface area contributed by atoms with Gasteiger partial charge in [0.25, 0.3) is 10.1 Å². The molecule has 5 fully saturated rings. The van der Waals surface area contributed by atoms with E-state index < -0.39 is 10.1 Å². The molecule has 0 N–H and O–H groups in total. The third-order valence-electron chi connectivity index (χ3n) is 13.4. The molecule has 1 spiro atoms. The Hall–Kier alpha value is -0.690. The average molecular weight is 648 g/mol. The van der Waals surface area contributed by atoms with Gasteiger partial charge in [0.05, 0.1) is 17.6 Å². The van der Waals surface area contributed by atoms with Gasteiger partial charge in [0.2, 0.25) is 0 Å². The molecule has 5 aliphatic rings. The highest BCUT2D eigenvalue weighted by molar-refractivity contribution is 9.11. The fourth-order valence-corrected chi connectivity index (χ4v) is 12.3. The molecular weight excluding hydrogens is 596 g/mol. The number of allylic oxidation sites excluding steroid dienone is 2. The maximum Gasteiger partial charge on any atom is 0.296 e. The largest absolute Gasteiger partial charge is 0.381 e. The summed E-state index contributed by atoms with van der Waals surface area (Å²) in [6.07, 6.45) is 13.9. The number of ether oxygens (including phenoxy) is 1. The molecule has 0 radical (unpaired) electrons. The van der Waals surface area contributed by atoms with E-state index in [-0.39, 0.29) is 22.8 Å². The maximum absolute atomic E-state index is 13.2. The number of rotatable bonds is 9. The molecule has 1 aromatic rings. The van der Waals surface area contributed by atoms with Crippen molar-refractivity contribution in [1.29, 1.82) is 0 Å². The van der Waals surface area contributed by atoms with E-state index in [0.717, 1.165) is 36.2 Å². The van der Waals surface area contributed by atoms with Crippen LogP contribution in [0.1, 0.15) is 91.0 Å². The van der Waals surface area contributed by atoms with Crippen molar-refractivity contribution in [1.82, 2.24) is 0 Å². The van der Waals surface area contributed by atoms with E-state index in [9.17, 15) is 8.42 Å². The smallest absolute Gasteiger partial charge is 0.296 e. The minimum atomic E-state index is -3.80. The number of halogens is 1. The van der Waals surface area contributed by atoms with Gasteiger partial charge >= 0.3 is 0 Å². The number of methoxy groups -OCH3 is 1. The van der Waals surface area contributed by atoms with Gasteiger partial charge in [-0.15, -0.1) is 0 Å². The fraction of sp³-hybridized carbons (Fsp3) is 0.771. The van der Waals surface area contributed by atoms with Crippen LogP contribution >= 0.6 is 15.9 Å². The highest BCUT2D eigenvalue weighted by Crippen LogP contribution is 2.82. The molecule has 6 rings (SSSR count). The van der Waals surface area contributed by atoms with Crippen LogP contribution in [0.3, 0.4) is 0 Å². The van der Waals surface area contributed by atoms with Crippen LogP contribution in [0.25, 0.3) is 0 Å². The first kappa shape index (κ1) is 30.3. The highest BCUT2D eigenvalue weighted by atomic mass is 79.9. The van der Waals surface area contributed by atoms with Crippen LogP contribution in [-0.4, -0.2) is 28.2 Å². The Kier molecular flexibility index (Phi) is 7.94. The zero-order valence-electron chi connectivity index (χ0n) is 26.0. The van der Waals surface area contributed by atoms with E-state index in [2.05, 4.69) is 49.7 Å². The normalized spacial score (nSPS) is 42.4. The van der Waals surface area contributed by atoms with Crippen molar-refractivity contribution in [2.45, 2.75) is 103 Å². The van der Waals surface area contributed by atoms with Gasteiger partial charge in [-0.2, -0.15) is 8.42 Å². The summed E-state index contributed by atoms with van der Waals surface area (Å²) in [5.74, 6) is 4.13. The topological polar surface area (TPSA) is 52.6 Å². The van der Waals surface area contributed by atoms with Crippen molar-refractivity contribution >= 4 is 26.0 Å². The molecule has 10 atom stereocenters. The van der Waals surface area contributed by atoms with Gasteiger partial charge in [-0.3, -0.25) is 4.18 Å². The Balaban J connectivity index is 1.26. The van der Waals surface area contributed by atoms with Crippen LogP contribution < -0.4 is 0 Å². The maximum atomic E-state index is 13.2. The fourth-order valence-electron chi connectivity index (χ4n) is 11.2. The third-order valence-corrected chi connectivity index (χ3v) is 15.9. The summed E-state index contributed by atoms with van der Waals surface area (Å²) in [6, 6.07) is 7.01. The molecule has 228 valence electrons. The van der Waals surface area contributed by atoms with Crippen LogP contribution in [0.5, 0.6) is 0 Å². The molecule has 41 heavy (non-hydrogen) atoms. The van der Waals surface area contributed by atoms with E-state index in [1.165, 1.54) is 49.4 Å². The summed E-state index contributed by atoms with van der Waals surface area (Å²) >= 11 is 3.78. The summed E-state index contributed by atoms with van der Waals surface area (Å²) in [5.41, 5.74) is 2.13. The molecule has 0 saturated heterocycles. The first-order chi connectivity index (χ1) is 19.4. The molecule has 0 aromatic heterocycles. The highest BCUT2D eigenvalue weighted by Gasteiger charge is 2.77. The molecule has 1 aromatic carbocycles. The molecule has 5 aliphatic carbocycles. The lowest BCUT2D eigenvalue weighted by Gasteiger charge is -2.61. The molecule has 5 saturated carbocycles. The Morgan fingerprint density at radius 2 is 1.80 bits per heavy atom. The van der Waals surface area contributed by atoms with Crippen molar-refractivity contribution in [2.75, 3.05) is 13.7 Å². The zero-order valence-corrected chi connectivity index (χ0v) is 28.4. The van der Waals surface area contributed by atoms with E-state index in [4.69, 9.17) is 8.92 Å². The van der Waals surface area contributed by atoms with Gasteiger partial charge in [0.1, 0.15) is 0 Å². The molecule has 0 bridgehead atoms. The quantitative estimate of drug-likeness (QED) is 0.251. The van der Waals surface area contributed by atoms with Gasteiger partial charge in [-0.1, -0.05) is 67.4 Å². The lowest BCUT2D eigenvalue weighted by atomic mass is 9.45. The van der Waals surface area contributed by atoms with Gasteiger partial charge in [-0.05, 0) is 134 Å². The lowest BCUT2D eigenvalue weighted by molar-refractivity contribution is -0.161. The molecule has 3 unspecified atom stereocenters. The minimum absolute atomic E-state index is 0.163. The second-order valence-corrected chi connectivity index (χ2v) is 17.8. The Labute approximate surface area is 257 Å². The summed E-state index contributed by atoms with van der Waals surface area (Å²) in [4.78, 5) is 0.252. The second kappa shape index (κ2) is 10.7. The van der Waals surface area contributed by atoms with Crippen molar-refractivity contribution < 1.29 is 17.3 Å². The molecule has 4 nitrogen and oxygen atoms in total. The predicted octanol–water partition coefficient (Wildman–Crippen LogP) is 8.93. The SMILES string of the molecule is CO[C@@H]1CC2C(CC[C@]3(C)C([C@@H](C/C=C(\Br)C(C)C)COS(=O)(=O)c4ccc(C)cc4)CC[C@@H]23)[C@@]2(C)CC[C@@H]3C[C@]312. The van der Waals surface area contributed by atoms with Gasteiger partial charge in [0, 0.05) is 12.5 Å². The molecule has 6 heteroatoms. The van der Waals surface area contributed by atoms with Crippen molar-refractivity contribution in [2.24, 2.45) is 57.7 Å². The van der Waals surface area contributed by atoms with Crippen molar-refractivity contribution in [3.8, 4) is 0 Å². The first-order valence-corrected chi connectivity index (χ1v) is 18.4. The van der Waals surface area contributed by atoms with Crippen molar-refractivity contribution in [3.05, 3.63) is 40.4 Å². The van der Waals surface area contributed by atoms with Gasteiger partial charge < -0.3 is 4.74 Å². The van der Waals surface area contributed by atoms with E-state index >= 15 is 0 Å². The minimum Gasteiger partial charge on any atom is -0.381 e. The van der Waals surface area contributed by atoms with Crippen LogP contribution in [0, 0.1) is 64.6 Å². The predicted molar refractivity (Wildman–Crippen MR) is 168 cm³/mol. The van der Waals surface area contributed by atoms with E-state index in [0.29, 0.717) is 34.7 Å². The van der Waals surface area contributed by atoms with E-state index in [1.54, 1.807) is 12.1 Å². The Bertz CT molecular complexity index is 1270. The van der Waals surface area contributed by atoms with Crippen LogP contribution in [0.2, 0.25) is 0 Å². The number of hydrogen-bond donors (Lipinski definition) is 0. The standard InChI is InChI=1S/C35H51BrO4S/c1-22(2)31(36)14-9-24(21-40-41(37,38)26-10-7-23(3)8-11-26)28-12-13-29-27-19-32(39-6)35-20-25(35)15-18-34(35,5)30(27)16-17-33(28,29)4/h7-8,10-11,14,22,24-25,27-30,32H,9,12-13,15-21H2,1-6H3/b31-14-/t24-,25+,27?,28?,29-,30?,32+,33+,34+,35-/m0/s1. The number of hydrogen-bond acceptors (Lipinski definition) is 4. The number of benzene rings is 1.